The fourth-order valence-corrected chi connectivity index (χ4v) is 2.80. The predicted octanol–water partition coefficient (Wildman–Crippen LogP) is 3.71. The number of hydrogen-bond acceptors (Lipinski definition) is 2. The van der Waals surface area contributed by atoms with Gasteiger partial charge in [0, 0.05) is 17.1 Å². The third-order valence-electron chi connectivity index (χ3n) is 4.09. The third kappa shape index (κ3) is 4.50. The van der Waals surface area contributed by atoms with Crippen LogP contribution in [-0.4, -0.2) is 30.9 Å². The SMILES string of the molecule is Cc1ccc(Cl)cc1NC(=O)CCC1CCN(C)CC1. The Labute approximate surface area is 126 Å². The Hall–Kier alpha value is -1.06. The Morgan fingerprint density at radius 2 is 2.10 bits per heavy atom. The largest absolute Gasteiger partial charge is 0.326 e. The Morgan fingerprint density at radius 3 is 2.80 bits per heavy atom. The molecule has 1 N–H and O–H groups in total. The molecule has 0 bridgehead atoms. The molecule has 1 saturated heterocycles. The van der Waals surface area contributed by atoms with Crippen LogP contribution in [0.25, 0.3) is 0 Å². The van der Waals surface area contributed by atoms with Crippen molar-refractivity contribution in [2.75, 3.05) is 25.5 Å². The zero-order valence-electron chi connectivity index (χ0n) is 12.3. The molecule has 0 unspecified atom stereocenters. The van der Waals surface area contributed by atoms with E-state index in [1.165, 1.54) is 12.8 Å². The lowest BCUT2D eigenvalue weighted by Crippen LogP contribution is -2.30. The maximum Gasteiger partial charge on any atom is 0.224 e. The van der Waals surface area contributed by atoms with Gasteiger partial charge in [-0.15, -0.1) is 0 Å². The second kappa shape index (κ2) is 7.09. The molecule has 0 atom stereocenters. The van der Waals surface area contributed by atoms with E-state index >= 15 is 0 Å². The average molecular weight is 295 g/mol. The lowest BCUT2D eigenvalue weighted by atomic mass is 9.92. The predicted molar refractivity (Wildman–Crippen MR) is 84.3 cm³/mol. The minimum Gasteiger partial charge on any atom is -0.326 e. The summed E-state index contributed by atoms with van der Waals surface area (Å²) in [5.41, 5.74) is 1.87. The van der Waals surface area contributed by atoms with Crippen LogP contribution in [0.3, 0.4) is 0 Å². The van der Waals surface area contributed by atoms with E-state index in [4.69, 9.17) is 11.6 Å². The van der Waals surface area contributed by atoms with E-state index in [-0.39, 0.29) is 5.91 Å². The van der Waals surface area contributed by atoms with Gasteiger partial charge in [0.25, 0.3) is 0 Å². The fourth-order valence-electron chi connectivity index (χ4n) is 2.63. The molecule has 0 saturated carbocycles. The summed E-state index contributed by atoms with van der Waals surface area (Å²) in [5.74, 6) is 0.784. The van der Waals surface area contributed by atoms with Gasteiger partial charge in [-0.2, -0.15) is 0 Å². The number of nitrogens with zero attached hydrogens (tertiary/aromatic N) is 1. The Bertz CT molecular complexity index is 468. The molecular weight excluding hydrogens is 272 g/mol. The number of carbonyl (C=O) groups excluding carboxylic acids is 1. The minimum absolute atomic E-state index is 0.0919. The molecule has 1 fully saturated rings. The molecule has 1 amide bonds. The summed E-state index contributed by atoms with van der Waals surface area (Å²) in [7, 11) is 2.16. The van der Waals surface area contributed by atoms with Gasteiger partial charge in [-0.1, -0.05) is 17.7 Å². The topological polar surface area (TPSA) is 32.3 Å². The molecule has 0 radical (unpaired) electrons. The van der Waals surface area contributed by atoms with Gasteiger partial charge in [-0.05, 0) is 69.9 Å². The number of hydrogen-bond donors (Lipinski definition) is 1. The van der Waals surface area contributed by atoms with Crippen LogP contribution in [0.5, 0.6) is 0 Å². The van der Waals surface area contributed by atoms with Crippen molar-refractivity contribution in [3.8, 4) is 0 Å². The molecule has 1 aliphatic heterocycles. The molecule has 1 heterocycles. The number of rotatable bonds is 4. The maximum absolute atomic E-state index is 12.0. The first-order valence-corrected chi connectivity index (χ1v) is 7.67. The number of aryl methyl sites for hydroxylation is 1. The summed E-state index contributed by atoms with van der Waals surface area (Å²) in [6.07, 6.45) is 4.00. The van der Waals surface area contributed by atoms with Gasteiger partial charge in [-0.3, -0.25) is 4.79 Å². The highest BCUT2D eigenvalue weighted by Crippen LogP contribution is 2.23. The van der Waals surface area contributed by atoms with Crippen LogP contribution in [0.15, 0.2) is 18.2 Å². The fraction of sp³-hybridized carbons (Fsp3) is 0.562. The highest BCUT2D eigenvalue weighted by molar-refractivity contribution is 6.31. The van der Waals surface area contributed by atoms with Crippen molar-refractivity contribution in [1.29, 1.82) is 0 Å². The molecule has 0 aromatic heterocycles. The summed E-state index contributed by atoms with van der Waals surface area (Å²) < 4.78 is 0. The lowest BCUT2D eigenvalue weighted by Gasteiger charge is -2.28. The smallest absolute Gasteiger partial charge is 0.224 e. The Balaban J connectivity index is 1.79. The summed E-state index contributed by atoms with van der Waals surface area (Å²) in [4.78, 5) is 14.4. The van der Waals surface area contributed by atoms with E-state index in [0.717, 1.165) is 30.8 Å². The lowest BCUT2D eigenvalue weighted by molar-refractivity contribution is -0.116. The van der Waals surface area contributed by atoms with E-state index in [0.29, 0.717) is 17.4 Å². The zero-order chi connectivity index (χ0) is 14.5. The second-order valence-corrected chi connectivity index (χ2v) is 6.23. The van der Waals surface area contributed by atoms with Crippen molar-refractivity contribution in [3.63, 3.8) is 0 Å². The first-order chi connectivity index (χ1) is 9.54. The Kier molecular flexibility index (Phi) is 5.44. The third-order valence-corrected chi connectivity index (χ3v) is 4.33. The van der Waals surface area contributed by atoms with Gasteiger partial charge in [0.05, 0.1) is 0 Å². The number of benzene rings is 1. The number of likely N-dealkylation sites (tertiary alicyclic amines) is 1. The molecule has 3 nitrogen and oxygen atoms in total. The number of carbonyl (C=O) groups is 1. The number of halogens is 1. The average Bonchev–Trinajstić information content (AvgIpc) is 2.42. The highest BCUT2D eigenvalue weighted by Gasteiger charge is 2.17. The molecule has 1 aromatic rings. The molecule has 110 valence electrons. The van der Waals surface area contributed by atoms with Crippen LogP contribution in [-0.2, 0) is 4.79 Å². The first-order valence-electron chi connectivity index (χ1n) is 7.29. The van der Waals surface area contributed by atoms with Gasteiger partial charge >= 0.3 is 0 Å². The van der Waals surface area contributed by atoms with E-state index in [2.05, 4.69) is 17.3 Å². The second-order valence-electron chi connectivity index (χ2n) is 5.79. The van der Waals surface area contributed by atoms with Crippen molar-refractivity contribution in [2.24, 2.45) is 5.92 Å². The standard InChI is InChI=1S/C16H23ClN2O/c1-12-3-5-14(17)11-15(12)18-16(20)6-4-13-7-9-19(2)10-8-13/h3,5,11,13H,4,6-10H2,1-2H3,(H,18,20). The quantitative estimate of drug-likeness (QED) is 0.918. The minimum atomic E-state index is 0.0919. The van der Waals surface area contributed by atoms with Gasteiger partial charge in [0.1, 0.15) is 0 Å². The normalized spacial score (nSPS) is 17.1. The molecule has 2 rings (SSSR count). The van der Waals surface area contributed by atoms with Crippen LogP contribution >= 0.6 is 11.6 Å². The molecule has 0 spiro atoms. The van der Waals surface area contributed by atoms with Crippen LogP contribution in [0.4, 0.5) is 5.69 Å². The van der Waals surface area contributed by atoms with Gasteiger partial charge in [0.2, 0.25) is 5.91 Å². The molecule has 4 heteroatoms. The summed E-state index contributed by atoms with van der Waals surface area (Å²) in [5, 5.41) is 3.62. The molecule has 1 aliphatic rings. The summed E-state index contributed by atoms with van der Waals surface area (Å²) in [6, 6.07) is 5.57. The maximum atomic E-state index is 12.0. The Morgan fingerprint density at radius 1 is 1.40 bits per heavy atom. The summed E-state index contributed by atoms with van der Waals surface area (Å²) in [6.45, 7) is 4.28. The number of anilines is 1. The van der Waals surface area contributed by atoms with Crippen LogP contribution in [0.1, 0.15) is 31.2 Å². The van der Waals surface area contributed by atoms with E-state index in [1.807, 2.05) is 25.1 Å². The molecule has 1 aromatic carbocycles. The number of piperidine rings is 1. The first kappa shape index (κ1) is 15.3. The monoisotopic (exact) mass is 294 g/mol. The molecule has 0 aliphatic carbocycles. The van der Waals surface area contributed by atoms with Crippen LogP contribution < -0.4 is 5.32 Å². The van der Waals surface area contributed by atoms with Crippen molar-refractivity contribution < 1.29 is 4.79 Å². The zero-order valence-corrected chi connectivity index (χ0v) is 13.0. The van der Waals surface area contributed by atoms with E-state index in [9.17, 15) is 4.79 Å². The van der Waals surface area contributed by atoms with Crippen molar-refractivity contribution >= 4 is 23.2 Å². The number of amides is 1. The van der Waals surface area contributed by atoms with E-state index in [1.54, 1.807) is 0 Å². The number of nitrogens with one attached hydrogen (secondary N) is 1. The van der Waals surface area contributed by atoms with Crippen molar-refractivity contribution in [2.45, 2.75) is 32.6 Å². The van der Waals surface area contributed by atoms with E-state index < -0.39 is 0 Å². The van der Waals surface area contributed by atoms with Gasteiger partial charge in [0.15, 0.2) is 0 Å². The summed E-state index contributed by atoms with van der Waals surface area (Å²) >= 11 is 5.96. The van der Waals surface area contributed by atoms with Crippen molar-refractivity contribution in [1.82, 2.24) is 4.90 Å². The van der Waals surface area contributed by atoms with Crippen LogP contribution in [0, 0.1) is 12.8 Å². The highest BCUT2D eigenvalue weighted by atomic mass is 35.5. The molecular formula is C16H23ClN2O. The van der Waals surface area contributed by atoms with Gasteiger partial charge in [-0.25, -0.2) is 0 Å². The van der Waals surface area contributed by atoms with Crippen molar-refractivity contribution in [3.05, 3.63) is 28.8 Å². The molecule has 20 heavy (non-hydrogen) atoms. The van der Waals surface area contributed by atoms with Gasteiger partial charge < -0.3 is 10.2 Å². The van der Waals surface area contributed by atoms with Crippen LogP contribution in [0.2, 0.25) is 5.02 Å².